The van der Waals surface area contributed by atoms with E-state index in [2.05, 4.69) is 71.3 Å². The van der Waals surface area contributed by atoms with Gasteiger partial charge in [0.05, 0.1) is 12.7 Å². The average molecular weight is 451 g/mol. The molecule has 4 heteroatoms. The number of methoxy groups -OCH3 is 1. The van der Waals surface area contributed by atoms with Gasteiger partial charge in [-0.25, -0.2) is 4.79 Å². The first-order chi connectivity index (χ1) is 16.7. The number of benzene rings is 4. The first kappa shape index (κ1) is 23.4. The van der Waals surface area contributed by atoms with E-state index in [0.717, 1.165) is 35.3 Å². The normalized spacial score (nSPS) is 10.8. The Hall–Kier alpha value is -3.73. The van der Waals surface area contributed by atoms with E-state index in [0.29, 0.717) is 12.1 Å². The summed E-state index contributed by atoms with van der Waals surface area (Å²) >= 11 is 0. The minimum Gasteiger partial charge on any atom is -0.465 e. The zero-order valence-electron chi connectivity index (χ0n) is 19.7. The van der Waals surface area contributed by atoms with Crippen molar-refractivity contribution in [2.24, 2.45) is 0 Å². The van der Waals surface area contributed by atoms with Gasteiger partial charge in [0.25, 0.3) is 0 Å². The zero-order valence-corrected chi connectivity index (χ0v) is 19.7. The van der Waals surface area contributed by atoms with Gasteiger partial charge in [0.2, 0.25) is 0 Å². The van der Waals surface area contributed by atoms with Gasteiger partial charge in [0.1, 0.15) is 0 Å². The van der Waals surface area contributed by atoms with Crippen molar-refractivity contribution in [3.8, 4) is 22.3 Å². The molecule has 172 valence electrons. The van der Waals surface area contributed by atoms with Crippen molar-refractivity contribution in [1.29, 1.82) is 0 Å². The highest BCUT2D eigenvalue weighted by atomic mass is 16.5. The maximum atomic E-state index is 12.4. The van der Waals surface area contributed by atoms with Crippen LogP contribution in [0.25, 0.3) is 22.3 Å². The van der Waals surface area contributed by atoms with Gasteiger partial charge >= 0.3 is 5.97 Å². The van der Waals surface area contributed by atoms with Crippen molar-refractivity contribution in [3.05, 3.63) is 119 Å². The number of hydrogen-bond acceptors (Lipinski definition) is 4. The van der Waals surface area contributed by atoms with Crippen molar-refractivity contribution in [1.82, 2.24) is 10.6 Å². The van der Waals surface area contributed by atoms with Crippen LogP contribution in [0.1, 0.15) is 27.0 Å². The van der Waals surface area contributed by atoms with E-state index in [-0.39, 0.29) is 5.97 Å². The van der Waals surface area contributed by atoms with Crippen LogP contribution in [0.15, 0.2) is 97.1 Å². The Morgan fingerprint density at radius 1 is 0.676 bits per heavy atom. The lowest BCUT2D eigenvalue weighted by molar-refractivity contribution is 0.0601. The molecule has 4 aromatic rings. The Bertz CT molecular complexity index is 1230. The first-order valence-corrected chi connectivity index (χ1v) is 11.5. The van der Waals surface area contributed by atoms with Crippen LogP contribution >= 0.6 is 0 Å². The van der Waals surface area contributed by atoms with E-state index >= 15 is 0 Å². The summed E-state index contributed by atoms with van der Waals surface area (Å²) in [5.74, 6) is -0.324. The molecule has 0 fully saturated rings. The molecule has 0 aliphatic heterocycles. The van der Waals surface area contributed by atoms with Crippen LogP contribution in [0.3, 0.4) is 0 Å². The molecule has 0 unspecified atom stereocenters. The van der Waals surface area contributed by atoms with Crippen LogP contribution in [0.5, 0.6) is 0 Å². The van der Waals surface area contributed by atoms with Crippen LogP contribution in [0, 0.1) is 0 Å². The number of hydrogen-bond donors (Lipinski definition) is 2. The van der Waals surface area contributed by atoms with Crippen molar-refractivity contribution in [3.63, 3.8) is 0 Å². The summed E-state index contributed by atoms with van der Waals surface area (Å²) in [5.41, 5.74) is 8.36. The number of nitrogens with one attached hydrogen (secondary N) is 2. The van der Waals surface area contributed by atoms with Gasteiger partial charge in [-0.3, -0.25) is 0 Å². The summed E-state index contributed by atoms with van der Waals surface area (Å²) in [4.78, 5) is 12.4. The van der Waals surface area contributed by atoms with E-state index < -0.39 is 0 Å². The number of ether oxygens (including phenoxy) is 1. The molecule has 4 rings (SSSR count). The number of carbonyl (C=O) groups excluding carboxylic acids is 1. The molecule has 34 heavy (non-hydrogen) atoms. The molecule has 4 aromatic carbocycles. The van der Waals surface area contributed by atoms with Crippen LogP contribution in [0.4, 0.5) is 0 Å². The molecule has 0 heterocycles. The minimum atomic E-state index is -0.324. The van der Waals surface area contributed by atoms with Gasteiger partial charge < -0.3 is 15.4 Å². The van der Waals surface area contributed by atoms with Crippen molar-refractivity contribution < 1.29 is 9.53 Å². The lowest BCUT2D eigenvalue weighted by atomic mass is 9.96. The Morgan fingerprint density at radius 2 is 1.32 bits per heavy atom. The average Bonchev–Trinajstić information content (AvgIpc) is 2.89. The summed E-state index contributed by atoms with van der Waals surface area (Å²) in [7, 11) is 3.31. The maximum Gasteiger partial charge on any atom is 0.338 e. The van der Waals surface area contributed by atoms with E-state index in [1.54, 1.807) is 0 Å². The van der Waals surface area contributed by atoms with Crippen LogP contribution < -0.4 is 10.6 Å². The SMILES string of the molecule is CNCc1ccc(-c2cccc(CNCc3ccc(-c4ccccc4)cc3)c2)c(C(=O)OC)c1. The zero-order chi connectivity index (χ0) is 23.8. The topological polar surface area (TPSA) is 50.4 Å². The second-order valence-corrected chi connectivity index (χ2v) is 8.27. The third kappa shape index (κ3) is 5.79. The molecule has 0 aromatic heterocycles. The van der Waals surface area contributed by atoms with Gasteiger partial charge in [0, 0.05) is 19.6 Å². The molecule has 0 amide bonds. The number of esters is 1. The Kier molecular flexibility index (Phi) is 7.87. The molecule has 0 bridgehead atoms. The maximum absolute atomic E-state index is 12.4. The lowest BCUT2D eigenvalue weighted by Crippen LogP contribution is -2.12. The summed E-state index contributed by atoms with van der Waals surface area (Å²) in [6.07, 6.45) is 0. The fraction of sp³-hybridized carbons (Fsp3) is 0.167. The molecule has 0 atom stereocenters. The third-order valence-corrected chi connectivity index (χ3v) is 5.83. The molecule has 2 N–H and O–H groups in total. The highest BCUT2D eigenvalue weighted by Crippen LogP contribution is 2.27. The van der Waals surface area contributed by atoms with Crippen molar-refractivity contribution >= 4 is 5.97 Å². The van der Waals surface area contributed by atoms with Crippen molar-refractivity contribution in [2.45, 2.75) is 19.6 Å². The van der Waals surface area contributed by atoms with E-state index in [1.807, 2.05) is 43.4 Å². The standard InChI is InChI=1S/C30H30N2O2/c1-31-19-24-13-16-28(29(18-24)30(33)34-2)27-10-6-7-23(17-27)21-32-20-22-11-14-26(15-12-22)25-8-4-3-5-9-25/h3-18,31-32H,19-21H2,1-2H3. The first-order valence-electron chi connectivity index (χ1n) is 11.5. The molecule has 0 radical (unpaired) electrons. The molecule has 0 saturated heterocycles. The number of carbonyl (C=O) groups is 1. The molecule has 0 spiro atoms. The fourth-order valence-electron chi connectivity index (χ4n) is 4.08. The van der Waals surface area contributed by atoms with Gasteiger partial charge in [-0.1, -0.05) is 84.9 Å². The molecule has 4 nitrogen and oxygen atoms in total. The summed E-state index contributed by atoms with van der Waals surface area (Å²) in [6, 6.07) is 33.3. The third-order valence-electron chi connectivity index (χ3n) is 5.83. The molecule has 0 saturated carbocycles. The quantitative estimate of drug-likeness (QED) is 0.316. The second-order valence-electron chi connectivity index (χ2n) is 8.27. The molecular weight excluding hydrogens is 420 g/mol. The molecular formula is C30H30N2O2. The largest absolute Gasteiger partial charge is 0.465 e. The Morgan fingerprint density at radius 3 is 2.06 bits per heavy atom. The van der Waals surface area contributed by atoms with E-state index in [9.17, 15) is 4.79 Å². The Balaban J connectivity index is 1.44. The van der Waals surface area contributed by atoms with E-state index in [1.165, 1.54) is 23.8 Å². The number of rotatable bonds is 9. The van der Waals surface area contributed by atoms with E-state index in [4.69, 9.17) is 4.74 Å². The van der Waals surface area contributed by atoms with Gasteiger partial charge in [-0.05, 0) is 58.1 Å². The molecule has 0 aliphatic rings. The summed E-state index contributed by atoms with van der Waals surface area (Å²) in [5, 5.41) is 6.65. The minimum absolute atomic E-state index is 0.324. The Labute approximate surface area is 201 Å². The second kappa shape index (κ2) is 11.4. The lowest BCUT2D eigenvalue weighted by Gasteiger charge is -2.12. The monoisotopic (exact) mass is 450 g/mol. The van der Waals surface area contributed by atoms with Crippen LogP contribution in [0.2, 0.25) is 0 Å². The highest BCUT2D eigenvalue weighted by molar-refractivity contribution is 5.97. The summed E-state index contributed by atoms with van der Waals surface area (Å²) in [6.45, 7) is 2.21. The van der Waals surface area contributed by atoms with Crippen LogP contribution in [-0.4, -0.2) is 20.1 Å². The fourth-order valence-corrected chi connectivity index (χ4v) is 4.08. The van der Waals surface area contributed by atoms with Gasteiger partial charge in [0.15, 0.2) is 0 Å². The predicted molar refractivity (Wildman–Crippen MR) is 138 cm³/mol. The van der Waals surface area contributed by atoms with Crippen molar-refractivity contribution in [2.75, 3.05) is 14.2 Å². The molecule has 0 aliphatic carbocycles. The van der Waals surface area contributed by atoms with Gasteiger partial charge in [-0.15, -0.1) is 0 Å². The highest BCUT2D eigenvalue weighted by Gasteiger charge is 2.14. The van der Waals surface area contributed by atoms with Gasteiger partial charge in [-0.2, -0.15) is 0 Å². The summed E-state index contributed by atoms with van der Waals surface area (Å²) < 4.78 is 5.04. The predicted octanol–water partition coefficient (Wildman–Crippen LogP) is 5.82. The van der Waals surface area contributed by atoms with Crippen LogP contribution in [-0.2, 0) is 24.4 Å². The smallest absolute Gasteiger partial charge is 0.338 e.